The largest absolute Gasteiger partial charge is 0.507 e. The highest BCUT2D eigenvalue weighted by Crippen LogP contribution is 2.50. The van der Waals surface area contributed by atoms with Crippen LogP contribution in [0.2, 0.25) is 6.32 Å². The molecule has 5 rings (SSSR count). The molecule has 7 nitrogen and oxygen atoms in total. The van der Waals surface area contributed by atoms with E-state index in [1.54, 1.807) is 19.2 Å². The molecule has 210 valence electrons. The molecule has 2 fully saturated rings. The highest BCUT2D eigenvalue weighted by molar-refractivity contribution is 9.10. The normalized spacial score (nSPS) is 24.9. The van der Waals surface area contributed by atoms with E-state index in [0.717, 1.165) is 26.8 Å². The van der Waals surface area contributed by atoms with Crippen LogP contribution in [0.3, 0.4) is 0 Å². The number of carbonyl (C=O) groups is 2. The molecule has 0 radical (unpaired) electrons. The van der Waals surface area contributed by atoms with Crippen molar-refractivity contribution in [3.8, 4) is 5.75 Å². The average molecular weight is 608 g/mol. The van der Waals surface area contributed by atoms with Crippen LogP contribution in [0.15, 0.2) is 64.1 Å². The molecule has 40 heavy (non-hydrogen) atoms. The third kappa shape index (κ3) is 5.70. The lowest BCUT2D eigenvalue weighted by Crippen LogP contribution is -2.46. The van der Waals surface area contributed by atoms with Crippen LogP contribution in [0.4, 0.5) is 0 Å². The first-order valence-corrected chi connectivity index (χ1v) is 14.8. The summed E-state index contributed by atoms with van der Waals surface area (Å²) in [5, 5.41) is 21.3. The lowest BCUT2D eigenvalue weighted by Gasteiger charge is -2.43. The van der Waals surface area contributed by atoms with Gasteiger partial charge in [0.15, 0.2) is 0 Å². The van der Waals surface area contributed by atoms with E-state index in [0.29, 0.717) is 44.4 Å². The number of hydrogen-bond donors (Lipinski definition) is 2. The van der Waals surface area contributed by atoms with Crippen LogP contribution in [0.5, 0.6) is 5.75 Å². The number of benzene rings is 2. The minimum atomic E-state index is -1.03. The molecule has 4 atom stereocenters. The Labute approximate surface area is 244 Å². The van der Waals surface area contributed by atoms with Gasteiger partial charge in [0.2, 0.25) is 11.8 Å². The summed E-state index contributed by atoms with van der Waals surface area (Å²) in [5.74, 6) is -1.20. The number of aromatic hydroxyl groups is 1. The van der Waals surface area contributed by atoms with Gasteiger partial charge in [-0.25, -0.2) is 0 Å². The van der Waals surface area contributed by atoms with Crippen LogP contribution in [-0.2, 0) is 19.0 Å². The predicted molar refractivity (Wildman–Crippen MR) is 158 cm³/mol. The number of halogens is 1. The molecular weight excluding hydrogens is 573 g/mol. The quantitative estimate of drug-likeness (QED) is 0.173. The van der Waals surface area contributed by atoms with Gasteiger partial charge in [0.25, 0.3) is 0 Å². The van der Waals surface area contributed by atoms with Crippen LogP contribution >= 0.6 is 15.9 Å². The van der Waals surface area contributed by atoms with Gasteiger partial charge in [-0.15, -0.1) is 0 Å². The molecule has 2 amide bonds. The number of fused-ring (bicyclic) bond motifs is 3. The highest BCUT2D eigenvalue weighted by atomic mass is 79.9. The number of imide groups is 1. The number of rotatable bonds is 9. The molecule has 2 aliphatic heterocycles. The molecule has 1 aliphatic carbocycles. The van der Waals surface area contributed by atoms with Crippen molar-refractivity contribution in [2.45, 2.75) is 45.0 Å². The Hall–Kier alpha value is -2.72. The number of carbonyl (C=O) groups excluding carboxylic acids is 2. The van der Waals surface area contributed by atoms with E-state index in [4.69, 9.17) is 9.39 Å². The third-order valence-corrected chi connectivity index (χ3v) is 8.80. The zero-order valence-electron chi connectivity index (χ0n) is 22.9. The van der Waals surface area contributed by atoms with E-state index < -0.39 is 25.1 Å². The SMILES string of the molecule is CCCN1C(=O)[C@@H]2[C@@H](CC(COC)=C3[C@@H](CC/C(=C/c4cc(Br)ccc4O)c4ccccc4)OB(O)C[C@@H]32)C1=O. The molecule has 3 aliphatic rings. The van der Waals surface area contributed by atoms with Gasteiger partial charge in [0.1, 0.15) is 5.75 Å². The number of phenols is 1. The topological polar surface area (TPSA) is 96.3 Å². The Bertz CT molecular complexity index is 1330. The number of amides is 2. The highest BCUT2D eigenvalue weighted by Gasteiger charge is 2.57. The van der Waals surface area contributed by atoms with Crippen LogP contribution in [0.1, 0.15) is 43.7 Å². The Morgan fingerprint density at radius 3 is 2.67 bits per heavy atom. The summed E-state index contributed by atoms with van der Waals surface area (Å²) in [6.07, 6.45) is 4.19. The minimum absolute atomic E-state index is 0.106. The summed E-state index contributed by atoms with van der Waals surface area (Å²) in [6.45, 7) is 2.73. The number of likely N-dealkylation sites (tertiary alicyclic amines) is 1. The lowest BCUT2D eigenvalue weighted by atomic mass is 9.58. The van der Waals surface area contributed by atoms with Gasteiger partial charge < -0.3 is 19.5 Å². The maximum Gasteiger partial charge on any atom is 0.455 e. The molecule has 9 heteroatoms. The van der Waals surface area contributed by atoms with Crippen molar-refractivity contribution >= 4 is 46.5 Å². The number of methoxy groups -OCH3 is 1. The average Bonchev–Trinajstić information content (AvgIpc) is 3.18. The van der Waals surface area contributed by atoms with Gasteiger partial charge in [0.05, 0.1) is 24.5 Å². The maximum absolute atomic E-state index is 13.5. The number of allylic oxidation sites excluding steroid dienone is 1. The summed E-state index contributed by atoms with van der Waals surface area (Å²) in [5.41, 5.74) is 4.74. The summed E-state index contributed by atoms with van der Waals surface area (Å²) in [6, 6.07) is 15.3. The Balaban J connectivity index is 1.48. The zero-order valence-corrected chi connectivity index (χ0v) is 24.5. The van der Waals surface area contributed by atoms with E-state index >= 15 is 0 Å². The van der Waals surface area contributed by atoms with Crippen molar-refractivity contribution in [3.63, 3.8) is 0 Å². The molecule has 0 bridgehead atoms. The number of hydrogen-bond acceptors (Lipinski definition) is 6. The second-order valence-electron chi connectivity index (χ2n) is 10.9. The summed E-state index contributed by atoms with van der Waals surface area (Å²) in [7, 11) is 0.608. The molecule has 0 spiro atoms. The van der Waals surface area contributed by atoms with E-state index in [-0.39, 0.29) is 29.8 Å². The van der Waals surface area contributed by atoms with Gasteiger partial charge in [-0.3, -0.25) is 14.5 Å². The molecule has 2 aromatic rings. The molecule has 2 N–H and O–H groups in total. The fraction of sp³-hybridized carbons (Fsp3) is 0.419. The Morgan fingerprint density at radius 1 is 1.18 bits per heavy atom. The molecular formula is C31H35BBrNO6. The van der Waals surface area contributed by atoms with Crippen molar-refractivity contribution in [2.24, 2.45) is 17.8 Å². The van der Waals surface area contributed by atoms with Gasteiger partial charge in [-0.05, 0) is 84.5 Å². The van der Waals surface area contributed by atoms with E-state index in [1.807, 2.05) is 49.4 Å². The molecule has 0 saturated carbocycles. The Kier molecular flexibility index (Phi) is 8.95. The first-order valence-electron chi connectivity index (χ1n) is 14.0. The molecule has 2 aromatic carbocycles. The number of phenolic OH excluding ortho intramolecular Hbond substituents is 1. The van der Waals surface area contributed by atoms with Crippen LogP contribution < -0.4 is 0 Å². The second-order valence-corrected chi connectivity index (χ2v) is 11.8. The first-order chi connectivity index (χ1) is 19.3. The number of ether oxygens (including phenoxy) is 1. The summed E-state index contributed by atoms with van der Waals surface area (Å²) < 4.78 is 12.6. The van der Waals surface area contributed by atoms with Gasteiger partial charge in [0, 0.05) is 23.7 Å². The molecule has 2 heterocycles. The van der Waals surface area contributed by atoms with Crippen molar-refractivity contribution in [1.29, 1.82) is 0 Å². The van der Waals surface area contributed by atoms with E-state index in [2.05, 4.69) is 15.9 Å². The summed E-state index contributed by atoms with van der Waals surface area (Å²) >= 11 is 3.49. The smallest absolute Gasteiger partial charge is 0.455 e. The Morgan fingerprint density at radius 2 is 1.95 bits per heavy atom. The van der Waals surface area contributed by atoms with E-state index in [1.165, 1.54) is 4.90 Å². The fourth-order valence-electron chi connectivity index (χ4n) is 6.65. The zero-order chi connectivity index (χ0) is 28.4. The minimum Gasteiger partial charge on any atom is -0.507 e. The van der Waals surface area contributed by atoms with Gasteiger partial charge in [-0.1, -0.05) is 53.2 Å². The van der Waals surface area contributed by atoms with Gasteiger partial charge in [-0.2, -0.15) is 0 Å². The first kappa shape index (κ1) is 28.8. The predicted octanol–water partition coefficient (Wildman–Crippen LogP) is 5.33. The van der Waals surface area contributed by atoms with Crippen LogP contribution in [-0.4, -0.2) is 60.3 Å². The molecule has 0 unspecified atom stereocenters. The van der Waals surface area contributed by atoms with Gasteiger partial charge >= 0.3 is 7.12 Å². The van der Waals surface area contributed by atoms with Crippen molar-refractivity contribution in [3.05, 3.63) is 75.3 Å². The van der Waals surface area contributed by atoms with Crippen molar-refractivity contribution < 1.29 is 29.1 Å². The lowest BCUT2D eigenvalue weighted by molar-refractivity contribution is -0.140. The monoisotopic (exact) mass is 607 g/mol. The standard InChI is InChI=1S/C31H35BBrNO6/c1-3-13-34-30(36)24-16-22(18-39-2)28-25(29(24)31(34)37)17-32(38)40-27(28)12-9-20(19-7-5-4-6-8-19)14-21-15-23(33)10-11-26(21)35/h4-8,10-11,14-15,24-25,27,29,35,38H,3,9,12-13,16-18H2,1-2H3/b20-14-/t24-,25+,27-,29-/m1/s1. The third-order valence-electron chi connectivity index (χ3n) is 8.30. The fourth-order valence-corrected chi connectivity index (χ4v) is 7.03. The maximum atomic E-state index is 13.5. The van der Waals surface area contributed by atoms with Crippen LogP contribution in [0.25, 0.3) is 11.6 Å². The molecule has 0 aromatic heterocycles. The summed E-state index contributed by atoms with van der Waals surface area (Å²) in [4.78, 5) is 28.1. The van der Waals surface area contributed by atoms with Crippen molar-refractivity contribution in [2.75, 3.05) is 20.3 Å². The number of nitrogens with zero attached hydrogens (tertiary/aromatic N) is 1. The second kappa shape index (κ2) is 12.4. The van der Waals surface area contributed by atoms with E-state index in [9.17, 15) is 19.7 Å². The van der Waals surface area contributed by atoms with Crippen LogP contribution in [0, 0.1) is 17.8 Å². The molecule has 2 saturated heterocycles. The van der Waals surface area contributed by atoms with Crippen molar-refractivity contribution in [1.82, 2.24) is 4.90 Å².